The number of amides is 2. The van der Waals surface area contributed by atoms with E-state index < -0.39 is 0 Å². The number of unbranched alkanes of at least 4 members (excludes halogenated alkanes) is 1. The predicted molar refractivity (Wildman–Crippen MR) is 103 cm³/mol. The molecule has 1 saturated heterocycles. The first-order valence-corrected chi connectivity index (χ1v) is 9.66. The van der Waals surface area contributed by atoms with Crippen molar-refractivity contribution in [3.63, 3.8) is 0 Å². The highest BCUT2D eigenvalue weighted by molar-refractivity contribution is 5.80. The molecule has 144 valence electrons. The Morgan fingerprint density at radius 3 is 2.23 bits per heavy atom. The largest absolute Gasteiger partial charge is 0.496 e. The van der Waals surface area contributed by atoms with E-state index in [4.69, 9.17) is 4.74 Å². The van der Waals surface area contributed by atoms with E-state index in [1.54, 1.807) is 7.11 Å². The molecule has 0 atom stereocenters. The number of ether oxygens (including phenoxy) is 1. The van der Waals surface area contributed by atoms with Crippen molar-refractivity contribution in [1.29, 1.82) is 0 Å². The third-order valence-electron chi connectivity index (χ3n) is 5.18. The van der Waals surface area contributed by atoms with Crippen molar-refractivity contribution in [3.8, 4) is 5.75 Å². The predicted octanol–water partition coefficient (Wildman–Crippen LogP) is 3.11. The quantitative estimate of drug-likeness (QED) is 0.783. The minimum atomic E-state index is 0.106. The number of carbonyl (C=O) groups is 2. The van der Waals surface area contributed by atoms with E-state index in [-0.39, 0.29) is 11.8 Å². The summed E-state index contributed by atoms with van der Waals surface area (Å²) in [6.07, 6.45) is 3.76. The Kier molecular flexibility index (Phi) is 7.49. The maximum Gasteiger partial charge on any atom is 0.227 e. The van der Waals surface area contributed by atoms with Crippen LogP contribution in [0.3, 0.4) is 0 Å². The first-order valence-electron chi connectivity index (χ1n) is 9.66. The molecule has 5 heteroatoms. The van der Waals surface area contributed by atoms with Crippen LogP contribution in [0.2, 0.25) is 0 Å². The van der Waals surface area contributed by atoms with Gasteiger partial charge in [0, 0.05) is 38.2 Å². The van der Waals surface area contributed by atoms with Gasteiger partial charge >= 0.3 is 0 Å². The van der Waals surface area contributed by atoms with Gasteiger partial charge in [0.15, 0.2) is 0 Å². The molecule has 0 radical (unpaired) electrons. The van der Waals surface area contributed by atoms with Gasteiger partial charge in [-0.05, 0) is 43.9 Å². The lowest BCUT2D eigenvalue weighted by molar-refractivity contribution is -0.133. The van der Waals surface area contributed by atoms with Gasteiger partial charge in [0.1, 0.15) is 5.75 Å². The summed E-state index contributed by atoms with van der Waals surface area (Å²) in [6.45, 7) is 8.90. The summed E-state index contributed by atoms with van der Waals surface area (Å²) in [5.41, 5.74) is 3.26. The molecule has 2 amide bonds. The molecular formula is C21H32N2O3. The van der Waals surface area contributed by atoms with Crippen LogP contribution in [0.15, 0.2) is 12.1 Å². The molecule has 1 fully saturated rings. The minimum Gasteiger partial charge on any atom is -0.496 e. The van der Waals surface area contributed by atoms with Gasteiger partial charge in [-0.15, -0.1) is 0 Å². The van der Waals surface area contributed by atoms with Crippen LogP contribution in [-0.4, -0.2) is 54.9 Å². The zero-order chi connectivity index (χ0) is 19.1. The Morgan fingerprint density at radius 2 is 1.62 bits per heavy atom. The summed E-state index contributed by atoms with van der Waals surface area (Å²) in [5, 5.41) is 0. The molecule has 26 heavy (non-hydrogen) atoms. The molecule has 1 aliphatic heterocycles. The van der Waals surface area contributed by atoms with Crippen molar-refractivity contribution < 1.29 is 14.3 Å². The van der Waals surface area contributed by atoms with Crippen LogP contribution < -0.4 is 4.74 Å². The first-order chi connectivity index (χ1) is 12.5. The molecule has 0 unspecified atom stereocenters. The van der Waals surface area contributed by atoms with E-state index in [0.29, 0.717) is 32.5 Å². The fraction of sp³-hybridized carbons (Fsp3) is 0.619. The monoisotopic (exact) mass is 360 g/mol. The van der Waals surface area contributed by atoms with Crippen LogP contribution in [0.25, 0.3) is 0 Å². The molecule has 1 aromatic rings. The molecule has 2 rings (SSSR count). The van der Waals surface area contributed by atoms with E-state index in [1.807, 2.05) is 28.9 Å². The van der Waals surface area contributed by atoms with Crippen molar-refractivity contribution in [2.45, 2.75) is 52.9 Å². The first kappa shape index (κ1) is 20.3. The summed E-state index contributed by atoms with van der Waals surface area (Å²) in [7, 11) is 1.64. The van der Waals surface area contributed by atoms with Gasteiger partial charge in [-0.2, -0.15) is 0 Å². The van der Waals surface area contributed by atoms with Crippen LogP contribution in [-0.2, 0) is 16.0 Å². The summed E-state index contributed by atoms with van der Waals surface area (Å²) < 4.78 is 5.46. The molecule has 0 saturated carbocycles. The number of rotatable bonds is 6. The Hall–Kier alpha value is -2.04. The highest BCUT2D eigenvalue weighted by atomic mass is 16.5. The molecular weight excluding hydrogens is 328 g/mol. The highest BCUT2D eigenvalue weighted by Gasteiger charge is 2.22. The van der Waals surface area contributed by atoms with Crippen LogP contribution in [0.5, 0.6) is 5.75 Å². The number of aryl methyl sites for hydroxylation is 2. The second-order valence-corrected chi connectivity index (χ2v) is 7.14. The van der Waals surface area contributed by atoms with Gasteiger partial charge in [-0.25, -0.2) is 0 Å². The fourth-order valence-electron chi connectivity index (χ4n) is 3.35. The van der Waals surface area contributed by atoms with Crippen molar-refractivity contribution in [3.05, 3.63) is 28.8 Å². The molecule has 0 N–H and O–H groups in total. The van der Waals surface area contributed by atoms with Crippen molar-refractivity contribution >= 4 is 11.8 Å². The number of hydrogen-bond acceptors (Lipinski definition) is 3. The summed E-state index contributed by atoms with van der Waals surface area (Å²) in [6, 6.07) is 4.04. The topological polar surface area (TPSA) is 49.9 Å². The van der Waals surface area contributed by atoms with Gasteiger partial charge in [0.2, 0.25) is 11.8 Å². The maximum absolute atomic E-state index is 12.8. The molecule has 1 aromatic carbocycles. The number of carbonyl (C=O) groups excluding carboxylic acids is 2. The summed E-state index contributed by atoms with van der Waals surface area (Å²) in [4.78, 5) is 28.8. The third-order valence-corrected chi connectivity index (χ3v) is 5.18. The number of methoxy groups -OCH3 is 1. The zero-order valence-electron chi connectivity index (χ0n) is 16.6. The van der Waals surface area contributed by atoms with Crippen molar-refractivity contribution in [2.24, 2.45) is 0 Å². The van der Waals surface area contributed by atoms with Gasteiger partial charge in [0.25, 0.3) is 0 Å². The van der Waals surface area contributed by atoms with E-state index in [9.17, 15) is 9.59 Å². The Bertz CT molecular complexity index is 642. The lowest BCUT2D eigenvalue weighted by Gasteiger charge is -2.23. The van der Waals surface area contributed by atoms with Crippen LogP contribution in [0.1, 0.15) is 49.3 Å². The van der Waals surface area contributed by atoms with E-state index in [1.165, 1.54) is 0 Å². The molecule has 1 aliphatic rings. The summed E-state index contributed by atoms with van der Waals surface area (Å²) >= 11 is 0. The lowest BCUT2D eigenvalue weighted by atomic mass is 10.0. The maximum atomic E-state index is 12.8. The van der Waals surface area contributed by atoms with Crippen LogP contribution >= 0.6 is 0 Å². The Morgan fingerprint density at radius 1 is 1.00 bits per heavy atom. The standard InChI is InChI=1S/C21H32N2O3/c1-5-6-8-20(24)22-9-7-10-23(12-11-22)21(25)15-18-13-16(2)17(3)14-19(18)26-4/h13-14H,5-12,15H2,1-4H3. The molecule has 0 bridgehead atoms. The van der Waals surface area contributed by atoms with E-state index in [0.717, 1.165) is 48.2 Å². The van der Waals surface area contributed by atoms with E-state index in [2.05, 4.69) is 13.8 Å². The molecule has 0 aliphatic carbocycles. The normalized spacial score (nSPS) is 14.9. The molecule has 0 aromatic heterocycles. The van der Waals surface area contributed by atoms with Crippen LogP contribution in [0.4, 0.5) is 0 Å². The van der Waals surface area contributed by atoms with Crippen molar-refractivity contribution in [1.82, 2.24) is 9.80 Å². The zero-order valence-corrected chi connectivity index (χ0v) is 16.6. The summed E-state index contributed by atoms with van der Waals surface area (Å²) in [5.74, 6) is 1.10. The Balaban J connectivity index is 1.98. The number of benzene rings is 1. The number of nitrogens with zero attached hydrogens (tertiary/aromatic N) is 2. The second-order valence-electron chi connectivity index (χ2n) is 7.14. The molecule has 5 nitrogen and oxygen atoms in total. The molecule has 1 heterocycles. The number of hydrogen-bond donors (Lipinski definition) is 0. The molecule has 0 spiro atoms. The average molecular weight is 360 g/mol. The van der Waals surface area contributed by atoms with Gasteiger partial charge in [0.05, 0.1) is 13.5 Å². The second kappa shape index (κ2) is 9.60. The third kappa shape index (κ3) is 5.23. The van der Waals surface area contributed by atoms with Gasteiger partial charge in [-0.1, -0.05) is 19.4 Å². The van der Waals surface area contributed by atoms with Gasteiger partial charge < -0.3 is 14.5 Å². The minimum absolute atomic E-state index is 0.106. The smallest absolute Gasteiger partial charge is 0.227 e. The average Bonchev–Trinajstić information content (AvgIpc) is 2.88. The lowest BCUT2D eigenvalue weighted by Crippen LogP contribution is -2.38. The SMILES string of the molecule is CCCCC(=O)N1CCCN(C(=O)Cc2cc(C)c(C)cc2OC)CC1. The van der Waals surface area contributed by atoms with E-state index >= 15 is 0 Å². The van der Waals surface area contributed by atoms with Crippen molar-refractivity contribution in [2.75, 3.05) is 33.3 Å². The Labute approximate surface area is 157 Å². The van der Waals surface area contributed by atoms with Crippen LogP contribution in [0, 0.1) is 13.8 Å². The fourth-order valence-corrected chi connectivity index (χ4v) is 3.35. The van der Waals surface area contributed by atoms with Gasteiger partial charge in [-0.3, -0.25) is 9.59 Å². The highest BCUT2D eigenvalue weighted by Crippen LogP contribution is 2.24.